The number of hydrogen-bond acceptors (Lipinski definition) is 5. The van der Waals surface area contributed by atoms with Crippen molar-refractivity contribution in [3.8, 4) is 0 Å². The zero-order valence-corrected chi connectivity index (χ0v) is 14.4. The van der Waals surface area contributed by atoms with Crippen LogP contribution < -0.4 is 5.32 Å². The van der Waals surface area contributed by atoms with Gasteiger partial charge in [-0.15, -0.1) is 12.4 Å². The third-order valence-corrected chi connectivity index (χ3v) is 5.56. The molecule has 126 valence electrons. The highest BCUT2D eigenvalue weighted by atomic mass is 35.5. The molecule has 1 aliphatic rings. The summed E-state index contributed by atoms with van der Waals surface area (Å²) in [7, 11) is -0.373. The Labute approximate surface area is 138 Å². The zero-order valence-electron chi connectivity index (χ0n) is 12.8. The van der Waals surface area contributed by atoms with Crippen LogP contribution in [0.5, 0.6) is 0 Å². The Morgan fingerprint density at radius 3 is 2.95 bits per heavy atom. The molecule has 0 saturated carbocycles. The molecule has 0 bridgehead atoms. The summed E-state index contributed by atoms with van der Waals surface area (Å²) < 4.78 is 33.3. The van der Waals surface area contributed by atoms with Crippen LogP contribution in [0.25, 0.3) is 0 Å². The van der Waals surface area contributed by atoms with Crippen molar-refractivity contribution in [3.05, 3.63) is 30.1 Å². The minimum atomic E-state index is -3.51. The van der Waals surface area contributed by atoms with Crippen LogP contribution in [0.15, 0.2) is 24.5 Å². The van der Waals surface area contributed by atoms with Crippen molar-refractivity contribution >= 4 is 22.6 Å². The number of methoxy groups -OCH3 is 1. The molecule has 22 heavy (non-hydrogen) atoms. The first-order valence-electron chi connectivity index (χ1n) is 6.90. The Balaban J connectivity index is 0.00000242. The van der Waals surface area contributed by atoms with Gasteiger partial charge in [0.15, 0.2) is 0 Å². The number of piperazine rings is 1. The Kier molecular flexibility index (Phi) is 7.67. The van der Waals surface area contributed by atoms with Gasteiger partial charge in [-0.1, -0.05) is 6.07 Å². The molecule has 1 atom stereocenters. The van der Waals surface area contributed by atoms with E-state index in [4.69, 9.17) is 4.74 Å². The van der Waals surface area contributed by atoms with E-state index in [1.807, 2.05) is 12.1 Å². The molecule has 1 aromatic heterocycles. The summed E-state index contributed by atoms with van der Waals surface area (Å²) in [6.07, 6.45) is 3.40. The molecule has 1 aromatic rings. The van der Waals surface area contributed by atoms with Gasteiger partial charge < -0.3 is 10.1 Å². The van der Waals surface area contributed by atoms with Gasteiger partial charge in [-0.2, -0.15) is 17.0 Å². The molecule has 1 saturated heterocycles. The van der Waals surface area contributed by atoms with Gasteiger partial charge in [-0.05, 0) is 11.6 Å². The largest absolute Gasteiger partial charge is 0.383 e. The normalized spacial score (nSPS) is 19.9. The lowest BCUT2D eigenvalue weighted by Crippen LogP contribution is -2.53. The number of pyridine rings is 1. The van der Waals surface area contributed by atoms with Crippen LogP contribution in [0, 0.1) is 0 Å². The number of rotatable bonds is 6. The highest BCUT2D eigenvalue weighted by Crippen LogP contribution is 2.25. The number of ether oxygens (including phenoxy) is 1. The number of likely N-dealkylation sites (N-methyl/N-ethyl adjacent to an activating group) is 1. The van der Waals surface area contributed by atoms with Crippen molar-refractivity contribution < 1.29 is 13.2 Å². The molecule has 0 amide bonds. The van der Waals surface area contributed by atoms with Gasteiger partial charge >= 0.3 is 0 Å². The summed E-state index contributed by atoms with van der Waals surface area (Å²) in [6, 6.07) is 3.49. The molecule has 7 nitrogen and oxygen atoms in total. The van der Waals surface area contributed by atoms with Crippen molar-refractivity contribution in [1.29, 1.82) is 0 Å². The molecular weight excluding hydrogens is 328 g/mol. The lowest BCUT2D eigenvalue weighted by molar-refractivity contribution is 0.178. The van der Waals surface area contributed by atoms with Crippen LogP contribution in [0.3, 0.4) is 0 Å². The highest BCUT2D eigenvalue weighted by molar-refractivity contribution is 7.86. The molecule has 1 unspecified atom stereocenters. The first kappa shape index (κ1) is 19.3. The third kappa shape index (κ3) is 4.37. The van der Waals surface area contributed by atoms with Gasteiger partial charge in [0.2, 0.25) is 0 Å². The monoisotopic (exact) mass is 350 g/mol. The standard InChI is InChI=1S/C13H22N4O3S.ClH/c1-16(8-9-20-2)21(18,19)17-7-6-15-11-13(17)12-4-3-5-14-10-12;/h3-5,10,13,15H,6-9,11H2,1-2H3;1H. The van der Waals surface area contributed by atoms with Gasteiger partial charge in [0.1, 0.15) is 0 Å². The highest BCUT2D eigenvalue weighted by Gasteiger charge is 2.35. The molecule has 1 aliphatic heterocycles. The average molecular weight is 351 g/mol. The van der Waals surface area contributed by atoms with E-state index in [2.05, 4.69) is 10.3 Å². The maximum Gasteiger partial charge on any atom is 0.282 e. The summed E-state index contributed by atoms with van der Waals surface area (Å²) in [4.78, 5) is 4.09. The van der Waals surface area contributed by atoms with E-state index in [0.717, 1.165) is 5.56 Å². The Bertz CT molecular complexity index is 543. The molecular formula is C13H23ClN4O3S. The Morgan fingerprint density at radius 2 is 2.32 bits per heavy atom. The van der Waals surface area contributed by atoms with Crippen molar-refractivity contribution in [2.24, 2.45) is 0 Å². The number of hydrogen-bond donors (Lipinski definition) is 1. The topological polar surface area (TPSA) is 74.8 Å². The first-order valence-corrected chi connectivity index (χ1v) is 8.29. The lowest BCUT2D eigenvalue weighted by Gasteiger charge is -2.37. The quantitative estimate of drug-likeness (QED) is 0.797. The van der Waals surface area contributed by atoms with Crippen LogP contribution in [-0.2, 0) is 14.9 Å². The second-order valence-electron chi connectivity index (χ2n) is 4.94. The average Bonchev–Trinajstić information content (AvgIpc) is 2.53. The lowest BCUT2D eigenvalue weighted by atomic mass is 10.1. The maximum atomic E-state index is 12.7. The molecule has 0 aromatic carbocycles. The van der Waals surface area contributed by atoms with E-state index in [9.17, 15) is 8.42 Å². The molecule has 0 radical (unpaired) electrons. The van der Waals surface area contributed by atoms with Crippen LogP contribution in [-0.4, -0.2) is 69.0 Å². The molecule has 2 heterocycles. The van der Waals surface area contributed by atoms with Crippen LogP contribution in [0.2, 0.25) is 0 Å². The van der Waals surface area contributed by atoms with Crippen molar-refractivity contribution in [1.82, 2.24) is 18.9 Å². The molecule has 1 fully saturated rings. The SMILES string of the molecule is COCCN(C)S(=O)(=O)N1CCNCC1c1cccnc1.Cl. The second kappa shape index (κ2) is 8.76. The van der Waals surface area contributed by atoms with Crippen molar-refractivity contribution in [2.45, 2.75) is 6.04 Å². The fourth-order valence-electron chi connectivity index (χ4n) is 2.33. The summed E-state index contributed by atoms with van der Waals surface area (Å²) in [5.74, 6) is 0. The third-order valence-electron chi connectivity index (χ3n) is 3.56. The van der Waals surface area contributed by atoms with Crippen LogP contribution >= 0.6 is 12.4 Å². The Morgan fingerprint density at radius 1 is 1.55 bits per heavy atom. The summed E-state index contributed by atoms with van der Waals surface area (Å²) in [5, 5.41) is 3.24. The molecule has 2 rings (SSSR count). The number of nitrogens with zero attached hydrogens (tertiary/aromatic N) is 3. The fraction of sp³-hybridized carbons (Fsp3) is 0.615. The number of aromatic nitrogens is 1. The molecule has 9 heteroatoms. The van der Waals surface area contributed by atoms with E-state index in [1.54, 1.807) is 26.6 Å². The minimum Gasteiger partial charge on any atom is -0.383 e. The zero-order chi connectivity index (χ0) is 15.3. The number of nitrogens with one attached hydrogen (secondary N) is 1. The van der Waals surface area contributed by atoms with Crippen LogP contribution in [0.4, 0.5) is 0 Å². The Hall–Kier alpha value is -0.770. The predicted octanol–water partition coefficient (Wildman–Crippen LogP) is 0.273. The van der Waals surface area contributed by atoms with Gasteiger partial charge in [-0.25, -0.2) is 0 Å². The van der Waals surface area contributed by atoms with E-state index in [1.165, 1.54) is 8.61 Å². The maximum absolute atomic E-state index is 12.7. The minimum absolute atomic E-state index is 0. The number of halogens is 1. The fourth-order valence-corrected chi connectivity index (χ4v) is 3.84. The van der Waals surface area contributed by atoms with Crippen molar-refractivity contribution in [3.63, 3.8) is 0 Å². The summed E-state index contributed by atoms with van der Waals surface area (Å²) >= 11 is 0. The summed E-state index contributed by atoms with van der Waals surface area (Å²) in [5.41, 5.74) is 0.897. The van der Waals surface area contributed by atoms with Gasteiger partial charge in [0.05, 0.1) is 12.6 Å². The predicted molar refractivity (Wildman–Crippen MR) is 87.2 cm³/mol. The second-order valence-corrected chi connectivity index (χ2v) is 6.93. The van der Waals surface area contributed by atoms with Crippen molar-refractivity contribution in [2.75, 3.05) is 46.9 Å². The smallest absolute Gasteiger partial charge is 0.282 e. The van der Waals surface area contributed by atoms with E-state index >= 15 is 0 Å². The molecule has 0 spiro atoms. The summed E-state index contributed by atoms with van der Waals surface area (Å²) in [6.45, 7) is 2.39. The molecule has 0 aliphatic carbocycles. The van der Waals surface area contributed by atoms with Gasteiger partial charge in [0.25, 0.3) is 10.2 Å². The first-order chi connectivity index (χ1) is 10.1. The molecule has 1 N–H and O–H groups in total. The van der Waals surface area contributed by atoms with E-state index in [0.29, 0.717) is 32.8 Å². The van der Waals surface area contributed by atoms with E-state index < -0.39 is 10.2 Å². The van der Waals surface area contributed by atoms with E-state index in [-0.39, 0.29) is 18.4 Å². The van der Waals surface area contributed by atoms with Gasteiger partial charge in [0, 0.05) is 52.7 Å². The van der Waals surface area contributed by atoms with Crippen LogP contribution in [0.1, 0.15) is 11.6 Å². The van der Waals surface area contributed by atoms with Gasteiger partial charge in [-0.3, -0.25) is 4.98 Å².